The van der Waals surface area contributed by atoms with Gasteiger partial charge in [0.05, 0.1) is 0 Å². The summed E-state index contributed by atoms with van der Waals surface area (Å²) in [6.07, 6.45) is 0. The van der Waals surface area contributed by atoms with Crippen LogP contribution in [-0.4, -0.2) is 0 Å². The Bertz CT molecular complexity index is 320. The van der Waals surface area contributed by atoms with Gasteiger partial charge in [0.1, 0.15) is 0 Å². The molecule has 1 heteroatoms. The third kappa shape index (κ3) is 2.60. The van der Waals surface area contributed by atoms with Crippen LogP contribution in [0.3, 0.4) is 0 Å². The summed E-state index contributed by atoms with van der Waals surface area (Å²) >= 11 is 3.62. The van der Waals surface area contributed by atoms with Crippen LogP contribution in [0.2, 0.25) is 0 Å². The third-order valence-corrected chi connectivity index (χ3v) is 3.64. The summed E-state index contributed by atoms with van der Waals surface area (Å²) in [6, 6.07) is 6.57. The highest BCUT2D eigenvalue weighted by Crippen LogP contribution is 2.38. The number of aryl methyl sites for hydroxylation is 1. The van der Waals surface area contributed by atoms with E-state index in [4.69, 9.17) is 0 Å². The Morgan fingerprint density at radius 2 is 1.79 bits per heavy atom. The fraction of sp³-hybridized carbons (Fsp3) is 0.538. The zero-order valence-corrected chi connectivity index (χ0v) is 11.3. The lowest BCUT2D eigenvalue weighted by Crippen LogP contribution is -2.15. The monoisotopic (exact) mass is 254 g/mol. The van der Waals surface area contributed by atoms with Gasteiger partial charge in [0.15, 0.2) is 0 Å². The van der Waals surface area contributed by atoms with Gasteiger partial charge >= 0.3 is 0 Å². The molecule has 0 saturated carbocycles. The van der Waals surface area contributed by atoms with Crippen molar-refractivity contribution in [2.45, 2.75) is 40.5 Å². The molecular formula is C13H19Br. The molecule has 0 unspecified atom stereocenters. The highest BCUT2D eigenvalue weighted by atomic mass is 79.9. The van der Waals surface area contributed by atoms with Crippen molar-refractivity contribution < 1.29 is 0 Å². The normalized spacial score (nSPS) is 14.1. The second kappa shape index (κ2) is 4.06. The fourth-order valence-corrected chi connectivity index (χ4v) is 2.05. The summed E-state index contributed by atoms with van der Waals surface area (Å²) in [6.45, 7) is 11.3. The molecule has 0 aliphatic heterocycles. The van der Waals surface area contributed by atoms with Crippen molar-refractivity contribution in [2.75, 3.05) is 0 Å². The van der Waals surface area contributed by atoms with Gasteiger partial charge in [-0.3, -0.25) is 0 Å². The van der Waals surface area contributed by atoms with E-state index >= 15 is 0 Å². The van der Waals surface area contributed by atoms with Gasteiger partial charge in [-0.05, 0) is 29.9 Å². The molecule has 1 rings (SSSR count). The first-order chi connectivity index (χ1) is 6.32. The van der Waals surface area contributed by atoms with Crippen LogP contribution in [0.5, 0.6) is 0 Å². The molecule has 1 atom stereocenters. The van der Waals surface area contributed by atoms with Gasteiger partial charge < -0.3 is 0 Å². The first-order valence-corrected chi connectivity index (χ1v) is 5.87. The summed E-state index contributed by atoms with van der Waals surface area (Å²) in [4.78, 5) is 0. The number of benzene rings is 1. The molecule has 0 nitrogen and oxygen atoms in total. The lowest BCUT2D eigenvalue weighted by molar-refractivity contribution is 0.338. The Labute approximate surface area is 95.9 Å². The summed E-state index contributed by atoms with van der Waals surface area (Å²) in [7, 11) is 0. The molecule has 0 heterocycles. The Balaban J connectivity index is 3.12. The molecule has 0 aliphatic carbocycles. The largest absolute Gasteiger partial charge is 0.0596 e. The molecule has 0 fully saturated rings. The van der Waals surface area contributed by atoms with Gasteiger partial charge in [-0.1, -0.05) is 61.3 Å². The van der Waals surface area contributed by atoms with E-state index in [1.54, 1.807) is 0 Å². The predicted molar refractivity (Wildman–Crippen MR) is 66.7 cm³/mol. The summed E-state index contributed by atoms with van der Waals surface area (Å²) < 4.78 is 1.23. The molecular weight excluding hydrogens is 236 g/mol. The zero-order valence-electron chi connectivity index (χ0n) is 9.69. The molecule has 0 bridgehead atoms. The Kier molecular flexibility index (Phi) is 3.41. The maximum atomic E-state index is 3.62. The molecule has 0 amide bonds. The first kappa shape index (κ1) is 11.8. The average molecular weight is 255 g/mol. The van der Waals surface area contributed by atoms with Crippen molar-refractivity contribution in [1.82, 2.24) is 0 Å². The fourth-order valence-electron chi connectivity index (χ4n) is 1.46. The number of hydrogen-bond acceptors (Lipinski definition) is 0. The van der Waals surface area contributed by atoms with E-state index in [9.17, 15) is 0 Å². The lowest BCUT2D eigenvalue weighted by Gasteiger charge is -2.28. The van der Waals surface area contributed by atoms with E-state index in [0.29, 0.717) is 11.3 Å². The number of hydrogen-bond donors (Lipinski definition) is 0. The highest BCUT2D eigenvalue weighted by molar-refractivity contribution is 9.10. The lowest BCUT2D eigenvalue weighted by atomic mass is 9.77. The highest BCUT2D eigenvalue weighted by Gasteiger charge is 2.23. The standard InChI is InChI=1S/C13H19Br/c1-9-6-7-12(14)11(8-9)10(2)13(3,4)5/h6-8,10H,1-5H3/t10-/m1/s1. The quantitative estimate of drug-likeness (QED) is 0.669. The summed E-state index contributed by atoms with van der Waals surface area (Å²) in [5, 5.41) is 0. The van der Waals surface area contributed by atoms with Crippen LogP contribution in [0, 0.1) is 12.3 Å². The van der Waals surface area contributed by atoms with E-state index < -0.39 is 0 Å². The summed E-state index contributed by atoms with van der Waals surface area (Å²) in [5.74, 6) is 0.566. The van der Waals surface area contributed by atoms with Crippen LogP contribution in [-0.2, 0) is 0 Å². The molecule has 14 heavy (non-hydrogen) atoms. The predicted octanol–water partition coefficient (Wildman–Crippen LogP) is 4.91. The van der Waals surface area contributed by atoms with Crippen molar-refractivity contribution in [3.63, 3.8) is 0 Å². The van der Waals surface area contributed by atoms with E-state index in [1.165, 1.54) is 15.6 Å². The summed E-state index contributed by atoms with van der Waals surface area (Å²) in [5.41, 5.74) is 3.06. The Morgan fingerprint density at radius 3 is 2.29 bits per heavy atom. The van der Waals surface area contributed by atoms with Crippen molar-refractivity contribution in [3.8, 4) is 0 Å². The minimum atomic E-state index is 0.316. The van der Waals surface area contributed by atoms with Crippen LogP contribution in [0.25, 0.3) is 0 Å². The van der Waals surface area contributed by atoms with Crippen LogP contribution in [0.4, 0.5) is 0 Å². The van der Waals surface area contributed by atoms with Gasteiger partial charge in [-0.15, -0.1) is 0 Å². The minimum Gasteiger partial charge on any atom is -0.0596 e. The van der Waals surface area contributed by atoms with Crippen molar-refractivity contribution in [2.24, 2.45) is 5.41 Å². The molecule has 1 aromatic carbocycles. The molecule has 1 aromatic rings. The van der Waals surface area contributed by atoms with E-state index in [2.05, 4.69) is 68.7 Å². The maximum absolute atomic E-state index is 3.62. The number of rotatable bonds is 1. The van der Waals surface area contributed by atoms with Gasteiger partial charge in [0.25, 0.3) is 0 Å². The van der Waals surface area contributed by atoms with Gasteiger partial charge in [-0.2, -0.15) is 0 Å². The van der Waals surface area contributed by atoms with Crippen LogP contribution in [0.1, 0.15) is 44.7 Å². The Hall–Kier alpha value is -0.300. The van der Waals surface area contributed by atoms with Crippen LogP contribution < -0.4 is 0 Å². The minimum absolute atomic E-state index is 0.316. The van der Waals surface area contributed by atoms with Crippen LogP contribution >= 0.6 is 15.9 Å². The zero-order chi connectivity index (χ0) is 10.9. The Morgan fingerprint density at radius 1 is 1.21 bits per heavy atom. The average Bonchev–Trinajstić information content (AvgIpc) is 2.06. The molecule has 0 radical (unpaired) electrons. The molecule has 0 N–H and O–H groups in total. The van der Waals surface area contributed by atoms with Crippen LogP contribution in [0.15, 0.2) is 22.7 Å². The van der Waals surface area contributed by atoms with Crippen molar-refractivity contribution in [3.05, 3.63) is 33.8 Å². The number of halogens is 1. The van der Waals surface area contributed by atoms with Crippen molar-refractivity contribution in [1.29, 1.82) is 0 Å². The second-order valence-corrected chi connectivity index (χ2v) is 5.97. The molecule has 0 aromatic heterocycles. The van der Waals surface area contributed by atoms with Crippen molar-refractivity contribution >= 4 is 15.9 Å². The van der Waals surface area contributed by atoms with Gasteiger partial charge in [-0.25, -0.2) is 0 Å². The third-order valence-electron chi connectivity index (χ3n) is 2.92. The van der Waals surface area contributed by atoms with E-state index in [1.807, 2.05) is 0 Å². The first-order valence-electron chi connectivity index (χ1n) is 5.08. The van der Waals surface area contributed by atoms with E-state index in [-0.39, 0.29) is 0 Å². The molecule has 0 spiro atoms. The van der Waals surface area contributed by atoms with Gasteiger partial charge in [0.2, 0.25) is 0 Å². The smallest absolute Gasteiger partial charge is 0.0210 e. The maximum Gasteiger partial charge on any atom is 0.0210 e. The molecule has 0 aliphatic rings. The molecule has 0 saturated heterocycles. The SMILES string of the molecule is Cc1ccc(Br)c([C@@H](C)C(C)(C)C)c1. The van der Waals surface area contributed by atoms with E-state index in [0.717, 1.165) is 0 Å². The van der Waals surface area contributed by atoms with Gasteiger partial charge in [0, 0.05) is 4.47 Å². The topological polar surface area (TPSA) is 0 Å². The molecule has 78 valence electrons. The second-order valence-electron chi connectivity index (χ2n) is 5.11.